The number of nitrogens with zero attached hydrogens (tertiary/aromatic N) is 4. The number of pyridine rings is 1. The molecule has 0 bridgehead atoms. The maximum Gasteiger partial charge on any atom is 0.425 e. The smallest absolute Gasteiger partial charge is 0.425 e. The van der Waals surface area contributed by atoms with E-state index < -0.39 is 46.1 Å². The minimum Gasteiger partial charge on any atom is -0.490 e. The van der Waals surface area contributed by atoms with Crippen molar-refractivity contribution in [2.75, 3.05) is 58.1 Å². The first kappa shape index (κ1) is 31.6. The lowest BCUT2D eigenvalue weighted by Crippen LogP contribution is -2.64. The van der Waals surface area contributed by atoms with E-state index in [2.05, 4.69) is 10.1 Å². The summed E-state index contributed by atoms with van der Waals surface area (Å²) in [6.07, 6.45) is -8.58. The number of hydrogen-bond donors (Lipinski definition) is 1. The molecule has 0 spiro atoms. The lowest BCUT2D eigenvalue weighted by atomic mass is 10.1. The lowest BCUT2D eigenvalue weighted by molar-refractivity contribution is -0.141. The first-order chi connectivity index (χ1) is 19.7. The van der Waals surface area contributed by atoms with E-state index in [1.807, 2.05) is 4.90 Å². The summed E-state index contributed by atoms with van der Waals surface area (Å²) in [7, 11) is 1.88. The highest BCUT2D eigenvalue weighted by Crippen LogP contribution is 2.40. The van der Waals surface area contributed by atoms with Crippen LogP contribution in [0.3, 0.4) is 0 Å². The van der Waals surface area contributed by atoms with Crippen molar-refractivity contribution in [3.63, 3.8) is 0 Å². The van der Waals surface area contributed by atoms with Gasteiger partial charge in [0.1, 0.15) is 6.10 Å². The summed E-state index contributed by atoms with van der Waals surface area (Å²) in [6.45, 7) is 0.685. The monoisotopic (exact) mass is 625 g/mol. The number of H-pyrrole nitrogens is 1. The number of methoxy groups -OCH3 is 1. The number of fused-ring (bicyclic) bond motifs is 3. The molecule has 1 saturated heterocycles. The second kappa shape index (κ2) is 12.5. The molecule has 0 aliphatic carbocycles. The predicted octanol–water partition coefficient (Wildman–Crippen LogP) is 1.20. The molecule has 4 heterocycles. The molecule has 1 fully saturated rings. The fourth-order valence-electron chi connectivity index (χ4n) is 4.89. The fourth-order valence-corrected chi connectivity index (χ4v) is 5.91. The largest absolute Gasteiger partial charge is 0.490 e. The average Bonchev–Trinajstić information content (AvgIpc) is 3.04. The highest BCUT2D eigenvalue weighted by atomic mass is 28.1. The maximum absolute atomic E-state index is 13.3. The number of nitrogens with one attached hydrogen (secondary N) is 1. The SMILES string of the molecule is COC[C@@H](COCCC(=O)N1CCN2c3ncc(C(F)(F)F)cc3OCC[C@@]2([SiH3])C1)Oc1cn[nH]c(=O)c1C(F)(F)F. The Kier molecular flexibility index (Phi) is 9.36. The van der Waals surface area contributed by atoms with Crippen LogP contribution < -0.4 is 19.9 Å². The second-order valence-electron chi connectivity index (χ2n) is 10.1. The van der Waals surface area contributed by atoms with Crippen LogP contribution in [-0.4, -0.2) is 101 Å². The third-order valence-corrected chi connectivity index (χ3v) is 8.31. The molecular weight excluding hydrogens is 596 g/mol. The van der Waals surface area contributed by atoms with Crippen LogP contribution in [0.15, 0.2) is 23.3 Å². The molecule has 42 heavy (non-hydrogen) atoms. The third-order valence-electron chi connectivity index (χ3n) is 6.96. The van der Waals surface area contributed by atoms with E-state index in [1.54, 1.807) is 10.00 Å². The van der Waals surface area contributed by atoms with Crippen LogP contribution >= 0.6 is 0 Å². The second-order valence-corrected chi connectivity index (χ2v) is 11.9. The van der Waals surface area contributed by atoms with Gasteiger partial charge in [-0.2, -0.15) is 31.4 Å². The highest BCUT2D eigenvalue weighted by Gasteiger charge is 2.43. The van der Waals surface area contributed by atoms with Gasteiger partial charge in [-0.25, -0.2) is 10.1 Å². The van der Waals surface area contributed by atoms with Crippen LogP contribution in [0.2, 0.25) is 0 Å². The van der Waals surface area contributed by atoms with Crippen molar-refractivity contribution in [1.82, 2.24) is 20.1 Å². The average molecular weight is 626 g/mol. The molecule has 0 saturated carbocycles. The van der Waals surface area contributed by atoms with Gasteiger partial charge in [0.05, 0.1) is 44.6 Å². The quantitative estimate of drug-likeness (QED) is 0.249. The normalized spacial score (nSPS) is 19.9. The lowest BCUT2D eigenvalue weighted by Gasteiger charge is -2.49. The molecule has 2 atom stereocenters. The number of carbonyl (C=O) groups excluding carboxylic acids is 1. The number of piperazine rings is 1. The zero-order valence-electron chi connectivity index (χ0n) is 22.7. The Morgan fingerprint density at radius 3 is 2.64 bits per heavy atom. The maximum atomic E-state index is 13.3. The molecule has 1 N–H and O–H groups in total. The van der Waals surface area contributed by atoms with Crippen molar-refractivity contribution in [2.24, 2.45) is 0 Å². The van der Waals surface area contributed by atoms with Crippen molar-refractivity contribution in [1.29, 1.82) is 0 Å². The highest BCUT2D eigenvalue weighted by molar-refractivity contribution is 6.18. The Bertz CT molecular complexity index is 1330. The summed E-state index contributed by atoms with van der Waals surface area (Å²) in [4.78, 5) is 32.3. The van der Waals surface area contributed by atoms with Crippen LogP contribution in [0.1, 0.15) is 24.0 Å². The van der Waals surface area contributed by atoms with E-state index in [-0.39, 0.29) is 44.5 Å². The standard InChI is InChI=1S/C24H29F6N5O6Si/c1-38-11-15(41-17-10-32-33-21(37)19(17)24(28,29)30)12-39-6-2-18(36)34-4-5-35-20-16(40-7-3-22(35,42)13-34)8-14(9-31-20)23(25,26)27/h8-10,15H,2-7,11-13H2,1,42H3,(H,33,37)/t15-,22+/m0/s1. The zero-order valence-corrected chi connectivity index (χ0v) is 24.7. The van der Waals surface area contributed by atoms with Crippen molar-refractivity contribution in [3.8, 4) is 11.5 Å². The van der Waals surface area contributed by atoms with Gasteiger partial charge in [0, 0.05) is 54.8 Å². The molecule has 0 radical (unpaired) electrons. The minimum absolute atomic E-state index is 0.0298. The van der Waals surface area contributed by atoms with Crippen LogP contribution in [0.5, 0.6) is 11.5 Å². The number of ether oxygens (including phenoxy) is 4. The number of alkyl halides is 6. The van der Waals surface area contributed by atoms with Gasteiger partial charge in [-0.05, 0) is 6.07 Å². The molecule has 232 valence electrons. The van der Waals surface area contributed by atoms with Gasteiger partial charge in [-0.15, -0.1) is 0 Å². The Morgan fingerprint density at radius 1 is 1.19 bits per heavy atom. The van der Waals surface area contributed by atoms with Gasteiger partial charge < -0.3 is 28.7 Å². The molecule has 0 unspecified atom stereocenters. The molecule has 18 heteroatoms. The number of carbonyl (C=O) groups is 1. The van der Waals surface area contributed by atoms with Crippen molar-refractivity contribution in [3.05, 3.63) is 39.9 Å². The molecule has 2 aromatic heterocycles. The van der Waals surface area contributed by atoms with Crippen LogP contribution in [-0.2, 0) is 26.6 Å². The number of anilines is 1. The van der Waals surface area contributed by atoms with Crippen molar-refractivity contribution >= 4 is 22.0 Å². The number of aromatic nitrogens is 3. The van der Waals surface area contributed by atoms with E-state index >= 15 is 0 Å². The molecule has 1 amide bonds. The van der Waals surface area contributed by atoms with Gasteiger partial charge >= 0.3 is 12.4 Å². The number of aromatic amines is 1. The summed E-state index contributed by atoms with van der Waals surface area (Å²) < 4.78 is 101. The summed E-state index contributed by atoms with van der Waals surface area (Å²) in [5, 5.41) is 4.57. The molecule has 2 aliphatic rings. The Labute approximate surface area is 238 Å². The first-order valence-electron chi connectivity index (χ1n) is 12.9. The Morgan fingerprint density at radius 2 is 1.95 bits per heavy atom. The molecule has 11 nitrogen and oxygen atoms in total. The van der Waals surface area contributed by atoms with Crippen molar-refractivity contribution in [2.45, 2.75) is 36.5 Å². The number of halogens is 6. The molecule has 2 aromatic rings. The zero-order chi connectivity index (χ0) is 30.7. The van der Waals surface area contributed by atoms with Gasteiger partial charge in [0.15, 0.2) is 22.9 Å². The Hall–Kier alpha value is -3.38. The predicted molar refractivity (Wildman–Crippen MR) is 138 cm³/mol. The number of hydrogen-bond acceptors (Lipinski definition) is 9. The van der Waals surface area contributed by atoms with Crippen LogP contribution in [0, 0.1) is 0 Å². The summed E-state index contributed by atoms with van der Waals surface area (Å²) in [5.74, 6) is -0.624. The fraction of sp³-hybridized carbons (Fsp3) is 0.583. The van der Waals surface area contributed by atoms with E-state index in [1.165, 1.54) is 7.11 Å². The summed E-state index contributed by atoms with van der Waals surface area (Å²) in [6, 6.07) is 0.946. The van der Waals surface area contributed by atoms with E-state index in [0.717, 1.165) is 18.5 Å². The summed E-state index contributed by atoms with van der Waals surface area (Å²) in [5.41, 5.74) is -3.89. The number of amides is 1. The third kappa shape index (κ3) is 7.15. The van der Waals surface area contributed by atoms with Crippen LogP contribution in [0.25, 0.3) is 0 Å². The molecule has 0 aromatic carbocycles. The topological polar surface area (TPSA) is 119 Å². The van der Waals surface area contributed by atoms with Gasteiger partial charge in [0.25, 0.3) is 5.56 Å². The van der Waals surface area contributed by atoms with Crippen LogP contribution in [0.4, 0.5) is 32.2 Å². The van der Waals surface area contributed by atoms with Gasteiger partial charge in [0.2, 0.25) is 5.91 Å². The minimum atomic E-state index is -4.98. The molecule has 4 rings (SSSR count). The van der Waals surface area contributed by atoms with Crippen molar-refractivity contribution < 1.29 is 50.1 Å². The van der Waals surface area contributed by atoms with Gasteiger partial charge in [-0.3, -0.25) is 9.59 Å². The van der Waals surface area contributed by atoms with E-state index in [4.69, 9.17) is 18.9 Å². The summed E-state index contributed by atoms with van der Waals surface area (Å²) >= 11 is 0. The number of rotatable bonds is 9. The first-order valence-corrected chi connectivity index (χ1v) is 13.9. The van der Waals surface area contributed by atoms with Gasteiger partial charge in [-0.1, -0.05) is 0 Å². The molecule has 2 aliphatic heterocycles. The van der Waals surface area contributed by atoms with E-state index in [0.29, 0.717) is 42.1 Å². The molecular formula is C24H29F6N5O6Si. The Balaban J connectivity index is 1.33. The van der Waals surface area contributed by atoms with E-state index in [9.17, 15) is 35.9 Å².